The molecule has 0 fully saturated rings. The van der Waals surface area contributed by atoms with E-state index in [4.69, 9.17) is 0 Å². The van der Waals surface area contributed by atoms with Gasteiger partial charge in [-0.15, -0.1) is 0 Å². The second kappa shape index (κ2) is 9.15. The molecule has 0 aliphatic rings. The molecule has 0 radical (unpaired) electrons. The van der Waals surface area contributed by atoms with Crippen molar-refractivity contribution in [1.29, 1.82) is 0 Å². The minimum atomic E-state index is -0.800. The van der Waals surface area contributed by atoms with E-state index in [1.165, 1.54) is 24.3 Å². The minimum Gasteiger partial charge on any atom is -0.493 e. The molecule has 2 aromatic carbocycles. The van der Waals surface area contributed by atoms with Crippen LogP contribution in [0.15, 0.2) is 80.1 Å². The van der Waals surface area contributed by atoms with Gasteiger partial charge >= 0.3 is 5.69 Å². The van der Waals surface area contributed by atoms with Crippen molar-refractivity contribution < 1.29 is 9.50 Å². The fourth-order valence-corrected chi connectivity index (χ4v) is 3.46. The summed E-state index contributed by atoms with van der Waals surface area (Å²) in [6, 6.07) is 12.0. The number of nitrogens with one attached hydrogen (secondary N) is 2. The summed E-state index contributed by atoms with van der Waals surface area (Å²) in [7, 11) is 0. The fourth-order valence-electron chi connectivity index (χ4n) is 3.20. The van der Waals surface area contributed by atoms with E-state index in [0.29, 0.717) is 17.7 Å². The molecule has 0 amide bonds. The fraction of sp³-hybridized carbons (Fsp3) is 0.0909. The van der Waals surface area contributed by atoms with Crippen LogP contribution in [0.1, 0.15) is 16.8 Å². The molecule has 0 bridgehead atoms. The number of imidazole rings is 1. The number of aromatic amines is 2. The van der Waals surface area contributed by atoms with E-state index in [-0.39, 0.29) is 17.8 Å². The van der Waals surface area contributed by atoms with Gasteiger partial charge in [-0.3, -0.25) is 14.8 Å². The molecule has 162 valence electrons. The van der Waals surface area contributed by atoms with Crippen molar-refractivity contribution in [3.05, 3.63) is 109 Å². The molecule has 4 rings (SSSR count). The van der Waals surface area contributed by atoms with E-state index in [1.807, 2.05) is 0 Å². The lowest BCUT2D eigenvalue weighted by atomic mass is 10.0. The van der Waals surface area contributed by atoms with Gasteiger partial charge in [-0.1, -0.05) is 15.9 Å². The first-order valence-electron chi connectivity index (χ1n) is 9.56. The SMILES string of the molecule is O=c1[nH]c(=O)n(-c2ccc(Br)cc2)c(O)c1C(=NCCc1cnc[nH]1)c1ccc(F)cc1. The van der Waals surface area contributed by atoms with Crippen molar-refractivity contribution in [2.45, 2.75) is 6.42 Å². The van der Waals surface area contributed by atoms with Crippen molar-refractivity contribution in [1.82, 2.24) is 19.5 Å². The highest BCUT2D eigenvalue weighted by Gasteiger charge is 2.21. The molecule has 32 heavy (non-hydrogen) atoms. The number of aromatic nitrogens is 4. The Labute approximate surface area is 189 Å². The maximum absolute atomic E-state index is 13.5. The third-order valence-corrected chi connectivity index (χ3v) is 5.26. The zero-order chi connectivity index (χ0) is 22.7. The first-order valence-corrected chi connectivity index (χ1v) is 10.4. The second-order valence-corrected chi connectivity index (χ2v) is 7.75. The van der Waals surface area contributed by atoms with Crippen LogP contribution in [0, 0.1) is 5.82 Å². The molecular weight excluding hydrogens is 481 g/mol. The summed E-state index contributed by atoms with van der Waals surface area (Å²) in [5.41, 5.74) is -0.0510. The summed E-state index contributed by atoms with van der Waals surface area (Å²) in [4.78, 5) is 38.9. The van der Waals surface area contributed by atoms with Gasteiger partial charge in [0.25, 0.3) is 5.56 Å². The number of nitrogens with zero attached hydrogens (tertiary/aromatic N) is 3. The smallest absolute Gasteiger partial charge is 0.335 e. The minimum absolute atomic E-state index is 0.133. The number of rotatable bonds is 6. The number of benzene rings is 2. The zero-order valence-electron chi connectivity index (χ0n) is 16.5. The maximum atomic E-state index is 13.5. The van der Waals surface area contributed by atoms with E-state index < -0.39 is 22.9 Å². The van der Waals surface area contributed by atoms with Crippen LogP contribution in [-0.2, 0) is 6.42 Å². The quantitative estimate of drug-likeness (QED) is 0.355. The van der Waals surface area contributed by atoms with Gasteiger partial charge < -0.3 is 10.1 Å². The molecule has 0 aliphatic carbocycles. The molecule has 3 N–H and O–H groups in total. The Kier molecular flexibility index (Phi) is 6.13. The van der Waals surface area contributed by atoms with Crippen molar-refractivity contribution in [2.24, 2.45) is 4.99 Å². The highest BCUT2D eigenvalue weighted by molar-refractivity contribution is 9.10. The number of halogens is 2. The molecule has 10 heteroatoms. The predicted octanol–water partition coefficient (Wildman–Crippen LogP) is 2.94. The van der Waals surface area contributed by atoms with Crippen molar-refractivity contribution in [3.8, 4) is 11.6 Å². The standard InChI is InChI=1S/C22H17BrFN5O3/c23-14-3-7-17(8-4-14)29-21(31)18(20(30)28-22(29)32)19(13-1-5-15(24)6-2-13)26-10-9-16-11-25-12-27-16/h1-8,11-12,31H,9-10H2,(H,25,27)(H,28,30,32). The Morgan fingerprint density at radius 2 is 1.84 bits per heavy atom. The largest absolute Gasteiger partial charge is 0.493 e. The third-order valence-electron chi connectivity index (χ3n) is 4.73. The van der Waals surface area contributed by atoms with Gasteiger partial charge in [0.15, 0.2) is 0 Å². The van der Waals surface area contributed by atoms with Gasteiger partial charge in [-0.2, -0.15) is 0 Å². The number of hydrogen-bond acceptors (Lipinski definition) is 5. The van der Waals surface area contributed by atoms with Crippen LogP contribution in [0.3, 0.4) is 0 Å². The lowest BCUT2D eigenvalue weighted by Gasteiger charge is -2.14. The summed E-state index contributed by atoms with van der Waals surface area (Å²) in [6.45, 7) is 0.255. The van der Waals surface area contributed by atoms with E-state index >= 15 is 0 Å². The van der Waals surface area contributed by atoms with Crippen LogP contribution in [0.5, 0.6) is 5.88 Å². The van der Waals surface area contributed by atoms with Crippen LogP contribution in [0.2, 0.25) is 0 Å². The molecule has 4 aromatic rings. The molecule has 0 saturated heterocycles. The summed E-state index contributed by atoms with van der Waals surface area (Å²) < 4.78 is 15.3. The summed E-state index contributed by atoms with van der Waals surface area (Å²) in [5.74, 6) is -1.02. The van der Waals surface area contributed by atoms with Gasteiger partial charge in [0.1, 0.15) is 11.4 Å². The van der Waals surface area contributed by atoms with Crippen LogP contribution < -0.4 is 11.2 Å². The van der Waals surface area contributed by atoms with E-state index in [2.05, 4.69) is 35.9 Å². The summed E-state index contributed by atoms with van der Waals surface area (Å²) in [6.07, 6.45) is 3.70. The van der Waals surface area contributed by atoms with E-state index in [9.17, 15) is 19.1 Å². The number of aliphatic imine (C=N–C) groups is 1. The van der Waals surface area contributed by atoms with Gasteiger partial charge in [0.05, 0.1) is 17.7 Å². The first-order chi connectivity index (χ1) is 15.4. The second-order valence-electron chi connectivity index (χ2n) is 6.83. The molecule has 0 unspecified atom stereocenters. The lowest BCUT2D eigenvalue weighted by Crippen LogP contribution is -2.33. The Bertz CT molecular complexity index is 1380. The van der Waals surface area contributed by atoms with Gasteiger partial charge in [-0.25, -0.2) is 18.7 Å². The third kappa shape index (κ3) is 4.45. The van der Waals surface area contributed by atoms with Crippen molar-refractivity contribution >= 4 is 21.6 Å². The highest BCUT2D eigenvalue weighted by Crippen LogP contribution is 2.22. The number of aromatic hydroxyl groups is 1. The molecule has 0 spiro atoms. The Morgan fingerprint density at radius 3 is 2.50 bits per heavy atom. The number of H-pyrrole nitrogens is 2. The van der Waals surface area contributed by atoms with E-state index in [1.54, 1.807) is 36.8 Å². The van der Waals surface area contributed by atoms with Crippen LogP contribution >= 0.6 is 15.9 Å². The molecule has 2 heterocycles. The van der Waals surface area contributed by atoms with Gasteiger partial charge in [-0.05, 0) is 48.5 Å². The Balaban J connectivity index is 1.87. The number of hydrogen-bond donors (Lipinski definition) is 3. The van der Waals surface area contributed by atoms with Crippen LogP contribution in [-0.4, -0.2) is 36.9 Å². The highest BCUT2D eigenvalue weighted by atomic mass is 79.9. The molecule has 2 aromatic heterocycles. The summed E-state index contributed by atoms with van der Waals surface area (Å²) >= 11 is 3.32. The summed E-state index contributed by atoms with van der Waals surface area (Å²) in [5, 5.41) is 11.0. The molecule has 0 aliphatic heterocycles. The van der Waals surface area contributed by atoms with Crippen molar-refractivity contribution in [2.75, 3.05) is 6.54 Å². The van der Waals surface area contributed by atoms with Crippen molar-refractivity contribution in [3.63, 3.8) is 0 Å². The van der Waals surface area contributed by atoms with Gasteiger partial charge in [0, 0.05) is 34.9 Å². The lowest BCUT2D eigenvalue weighted by molar-refractivity contribution is 0.430. The molecule has 8 nitrogen and oxygen atoms in total. The normalized spacial score (nSPS) is 11.6. The van der Waals surface area contributed by atoms with E-state index in [0.717, 1.165) is 14.7 Å². The van der Waals surface area contributed by atoms with Crippen LogP contribution in [0.4, 0.5) is 4.39 Å². The Hall–Kier alpha value is -3.79. The average Bonchev–Trinajstić information content (AvgIpc) is 3.28. The Morgan fingerprint density at radius 1 is 1.12 bits per heavy atom. The monoisotopic (exact) mass is 497 g/mol. The topological polar surface area (TPSA) is 116 Å². The molecule has 0 atom stereocenters. The average molecular weight is 498 g/mol. The first kappa shape index (κ1) is 21.4. The predicted molar refractivity (Wildman–Crippen MR) is 121 cm³/mol. The maximum Gasteiger partial charge on any atom is 0.335 e. The van der Waals surface area contributed by atoms with Gasteiger partial charge in [0.2, 0.25) is 5.88 Å². The zero-order valence-corrected chi connectivity index (χ0v) is 18.1. The molecular formula is C22H17BrFN5O3. The molecule has 0 saturated carbocycles. The van der Waals surface area contributed by atoms with Crippen LogP contribution in [0.25, 0.3) is 5.69 Å².